The van der Waals surface area contributed by atoms with E-state index in [0.717, 1.165) is 8.75 Å². The number of halogens is 4. The summed E-state index contributed by atoms with van der Waals surface area (Å²) in [6.07, 6.45) is 14.2. The molecule has 0 aliphatic rings. The number of aliphatic carboxylic acids is 1. The van der Waals surface area contributed by atoms with Crippen molar-refractivity contribution in [2.45, 2.75) is 84.5 Å². The van der Waals surface area contributed by atoms with Gasteiger partial charge in [0.2, 0.25) is 23.8 Å². The Kier molecular flexibility index (Phi) is 67.1. The number of nitrogens with zero attached hydrogens (tertiary/aromatic N) is 6. The van der Waals surface area contributed by atoms with E-state index in [2.05, 4.69) is 81.0 Å². The molecule has 0 aliphatic carbocycles. The minimum absolute atomic E-state index is 0. The summed E-state index contributed by atoms with van der Waals surface area (Å²) in [4.78, 5) is 88.3. The fourth-order valence-electron chi connectivity index (χ4n) is 5.92. The van der Waals surface area contributed by atoms with Crippen molar-refractivity contribution in [1.82, 2.24) is 30.6 Å². The van der Waals surface area contributed by atoms with E-state index in [-0.39, 0.29) is 99.5 Å². The zero-order valence-corrected chi connectivity index (χ0v) is 65.3. The minimum Gasteiger partial charge on any atom is -0.870 e. The van der Waals surface area contributed by atoms with Crippen LogP contribution in [0.3, 0.4) is 0 Å². The van der Waals surface area contributed by atoms with Crippen LogP contribution in [0.5, 0.6) is 0 Å². The van der Waals surface area contributed by atoms with Gasteiger partial charge < -0.3 is 56.4 Å². The molecule has 514 valence electrons. The number of likely N-dealkylation sites (N-methyl/N-ethyl adjacent to an activating group) is 2. The van der Waals surface area contributed by atoms with E-state index in [1.54, 1.807) is 73.0 Å². The number of aromatic nitrogens is 4. The van der Waals surface area contributed by atoms with Gasteiger partial charge in [0.1, 0.15) is 33.4 Å². The number of nitrogens with two attached hydrogens (primary N) is 2. The van der Waals surface area contributed by atoms with Crippen molar-refractivity contribution in [3.8, 4) is 0 Å². The fraction of sp³-hybridized carbons (Fsp3) is 0.481. The third-order valence-electron chi connectivity index (χ3n) is 9.98. The molecule has 0 radical (unpaired) electrons. The third-order valence-corrected chi connectivity index (χ3v) is 35.2. The van der Waals surface area contributed by atoms with Crippen LogP contribution in [-0.2, 0) is 78.1 Å². The summed E-state index contributed by atoms with van der Waals surface area (Å²) < 4.78 is 76.7. The molecule has 0 aliphatic heterocycles. The van der Waals surface area contributed by atoms with Crippen LogP contribution in [0.15, 0.2) is 83.3 Å². The third kappa shape index (κ3) is 52.5. The van der Waals surface area contributed by atoms with Crippen LogP contribution in [0.25, 0.3) is 0 Å². The molecule has 0 spiro atoms. The first-order chi connectivity index (χ1) is 42.7. The van der Waals surface area contributed by atoms with Crippen LogP contribution in [0, 0.1) is 23.8 Å². The van der Waals surface area contributed by atoms with Gasteiger partial charge in [-0.05, 0) is 178 Å². The molecule has 4 rings (SSSR count). The molecule has 0 saturated heterocycles. The summed E-state index contributed by atoms with van der Waals surface area (Å²) in [7, 11) is 14.4. The largest absolute Gasteiger partial charge is 1.00 e. The molecule has 8 atom stereocenters. The molecular formula is C54H87F4N10NaO13P6S4. The Morgan fingerprint density at radius 1 is 0.554 bits per heavy atom. The minimum atomic E-state index is -0.954. The maximum atomic E-state index is 13.1. The Bertz CT molecular complexity index is 2730. The van der Waals surface area contributed by atoms with Gasteiger partial charge in [-0.15, -0.1) is 82.8 Å². The molecule has 4 aromatic heterocycles. The number of carbonyl (C=O) groups is 6. The number of nitrogens with one attached hydrogen (secondary N) is 2. The van der Waals surface area contributed by atoms with Crippen molar-refractivity contribution in [3.05, 3.63) is 119 Å². The van der Waals surface area contributed by atoms with Crippen molar-refractivity contribution in [1.29, 1.82) is 0 Å². The van der Waals surface area contributed by atoms with Crippen molar-refractivity contribution < 1.29 is 110 Å². The number of carbonyl (C=O) groups excluding carboxylic acids is 5. The zero-order chi connectivity index (χ0) is 69.0. The van der Waals surface area contributed by atoms with E-state index < -0.39 is 65.9 Å². The number of hydrogen-bond acceptors (Lipinski definition) is 26. The van der Waals surface area contributed by atoms with Gasteiger partial charge in [0.05, 0.1) is 39.6 Å². The van der Waals surface area contributed by atoms with Crippen molar-refractivity contribution in [3.63, 3.8) is 0 Å². The zero-order valence-electron chi connectivity index (χ0n) is 53.6. The molecule has 0 aromatic carbocycles. The van der Waals surface area contributed by atoms with Crippen LogP contribution in [-0.4, -0.2) is 184 Å². The standard InChI is InChI=1S/C13H17FN2O2S2.C11H15FN2O2.C10H13FN2O2.C9H11FN2O2.C7H13NO2S2.C4H9NO2.Na.H2O.H8P6/c1-4-18-12(17)10(16-13(19-2)20-3)7-9-5-6-15-11(14)8-9;1-3-16-11(15)9(13-2)6-8-4-5-14-10(12)7-8;1-2-15-10(14)8(12)5-7-3-4-13-9(11)6-7;1-11-7(9(13)14)4-6-2-3-12-8(10)5-6;1-4-10-6(9)5-8-7(11-2)12-3;1-2-7-4(6)3-5;;;1-5(2)6(3)4/h5-6,8,10H,4,7H2,1-3H3;4-5,7,9,13H,3,6H2,1-2H3;3-4,6,8H,2,5,12H2,1H3;2-3,5,7,11H,4H2,1H3,(H,13,14);4-5H2,1-3H3;2-3,5H2,1H3;;1H2;1-4H2/q;;;;;;+1;;/p-1. The second kappa shape index (κ2) is 63.0. The summed E-state index contributed by atoms with van der Waals surface area (Å²) in [5, 5.41) is 14.2. The van der Waals surface area contributed by atoms with Gasteiger partial charge in [0.15, 0.2) is 6.04 Å². The fourth-order valence-corrected chi connectivity index (χ4v) is 8.11. The average molecular weight is 1500 g/mol. The Balaban J connectivity index is -0.000000327. The van der Waals surface area contributed by atoms with Crippen LogP contribution in [0.2, 0.25) is 0 Å². The first-order valence-corrected chi connectivity index (χ1v) is 41.6. The van der Waals surface area contributed by atoms with Gasteiger partial charge in [-0.2, -0.15) is 17.6 Å². The number of aliphatic imine (C=N–C) groups is 2. The summed E-state index contributed by atoms with van der Waals surface area (Å²) in [6.45, 7) is 10.9. The molecule has 0 fully saturated rings. The molecule has 8 unspecified atom stereocenters. The van der Waals surface area contributed by atoms with Crippen LogP contribution >= 0.6 is 96.7 Å². The van der Waals surface area contributed by atoms with E-state index in [9.17, 15) is 46.3 Å². The second-order valence-electron chi connectivity index (χ2n) is 16.5. The summed E-state index contributed by atoms with van der Waals surface area (Å²) in [5.74, 6) is -5.06. The molecule has 8 N–H and O–H groups in total. The van der Waals surface area contributed by atoms with Gasteiger partial charge in [-0.25, -0.2) is 24.7 Å². The Morgan fingerprint density at radius 2 is 0.891 bits per heavy atom. The van der Waals surface area contributed by atoms with Gasteiger partial charge in [-0.3, -0.25) is 34.0 Å². The molecule has 38 heteroatoms. The first kappa shape index (κ1) is 97.9. The number of rotatable bonds is 24. The molecule has 0 amide bonds. The number of hydrogen-bond donors (Lipinski definition) is 5. The number of esters is 5. The summed E-state index contributed by atoms with van der Waals surface area (Å²) in [5.41, 5.74) is 13.1. The van der Waals surface area contributed by atoms with Crippen molar-refractivity contribution in [2.24, 2.45) is 21.5 Å². The quantitative estimate of drug-likeness (QED) is 0.00812. The Hall–Kier alpha value is -2.74. The normalized spacial score (nSPS) is 11.1. The Labute approximate surface area is 588 Å². The number of carboxylic acid groups (broad SMARTS) is 1. The van der Waals surface area contributed by atoms with Gasteiger partial charge in [0.25, 0.3) is 0 Å². The Morgan fingerprint density at radius 3 is 1.21 bits per heavy atom. The maximum absolute atomic E-state index is 13.1. The molecule has 0 saturated carbocycles. The number of ether oxygens (including phenoxy) is 5. The van der Waals surface area contributed by atoms with Gasteiger partial charge >= 0.3 is 65.4 Å². The summed E-state index contributed by atoms with van der Waals surface area (Å²) >= 11 is 6.00. The van der Waals surface area contributed by atoms with Gasteiger partial charge in [0, 0.05) is 31.2 Å². The summed E-state index contributed by atoms with van der Waals surface area (Å²) in [6, 6.07) is 9.07. The van der Waals surface area contributed by atoms with Crippen LogP contribution < -0.4 is 51.7 Å². The van der Waals surface area contributed by atoms with E-state index in [1.165, 1.54) is 96.1 Å². The second-order valence-corrected chi connectivity index (χ2v) is 40.0. The monoisotopic (exact) mass is 1500 g/mol. The van der Waals surface area contributed by atoms with E-state index in [4.69, 9.17) is 35.5 Å². The molecule has 4 heterocycles. The van der Waals surface area contributed by atoms with Crippen LogP contribution in [0.1, 0.15) is 56.9 Å². The SMILES string of the molecule is CCOC(=O)C(Cc1ccnc(F)c1)N=C(SC)SC.CCOC(=O)C(Cc1ccnc(F)c1)NC.CCOC(=O)C(N)Cc1ccnc(F)c1.CCOC(=O)CN.CCOC(=O)CN=C(SC)SC.CNC(Cc1ccnc(F)c1)C(=O)O.PP(P)P(P)P.[Na+].[OH-]. The van der Waals surface area contributed by atoms with Crippen LogP contribution in [0.4, 0.5) is 17.6 Å². The molecular weight excluding hydrogens is 1410 g/mol. The predicted octanol–water partition coefficient (Wildman–Crippen LogP) is 5.77. The topological polar surface area (TPSA) is 351 Å². The maximum Gasteiger partial charge on any atom is 1.00 e. The van der Waals surface area contributed by atoms with E-state index in [0.29, 0.717) is 61.5 Å². The predicted molar refractivity (Wildman–Crippen MR) is 377 cm³/mol. The smallest absolute Gasteiger partial charge is 0.870 e. The molecule has 23 nitrogen and oxygen atoms in total. The number of thioether (sulfide) groups is 4. The van der Waals surface area contributed by atoms with E-state index >= 15 is 0 Å². The van der Waals surface area contributed by atoms with Crippen molar-refractivity contribution in [2.75, 3.05) is 85.2 Å². The molecule has 92 heavy (non-hydrogen) atoms. The van der Waals surface area contributed by atoms with Crippen molar-refractivity contribution >= 4 is 141 Å². The number of pyridine rings is 4. The van der Waals surface area contributed by atoms with Gasteiger partial charge in [-0.1, -0.05) is 0 Å². The molecule has 4 aromatic rings. The number of carboxylic acids is 1. The molecule has 0 bridgehead atoms. The van der Waals surface area contributed by atoms with E-state index in [1.807, 2.05) is 25.0 Å². The average Bonchev–Trinajstić information content (AvgIpc) is 1.35. The first-order valence-electron chi connectivity index (χ1n) is 26.9.